The van der Waals surface area contributed by atoms with Crippen molar-refractivity contribution in [2.45, 2.75) is 76.4 Å². The van der Waals surface area contributed by atoms with Crippen LogP contribution in [0, 0.1) is 5.92 Å². The van der Waals surface area contributed by atoms with Crippen molar-refractivity contribution in [3.63, 3.8) is 0 Å². The molecule has 4 heterocycles. The van der Waals surface area contributed by atoms with E-state index in [0.29, 0.717) is 67.3 Å². The first-order valence-electron chi connectivity index (χ1n) is 17.3. The summed E-state index contributed by atoms with van der Waals surface area (Å²) in [6.07, 6.45) is 13.3. The lowest BCUT2D eigenvalue weighted by Crippen LogP contribution is -2.46. The number of hydrogen-bond acceptors (Lipinski definition) is 7. The molecule has 0 spiro atoms. The van der Waals surface area contributed by atoms with Gasteiger partial charge in [-0.3, -0.25) is 19.2 Å². The molecule has 2 atom stereocenters. The second kappa shape index (κ2) is 15.1. The Morgan fingerprint density at radius 1 is 0.958 bits per heavy atom. The summed E-state index contributed by atoms with van der Waals surface area (Å²) in [5.74, 6) is 0.231. The average Bonchev–Trinajstić information content (AvgIpc) is 3.74. The van der Waals surface area contributed by atoms with E-state index in [1.165, 1.54) is 26.1 Å². The fourth-order valence-electron chi connectivity index (χ4n) is 7.25. The molecular formula is C35H47N7O6. The van der Waals surface area contributed by atoms with Gasteiger partial charge in [0.15, 0.2) is 11.5 Å². The Kier molecular flexibility index (Phi) is 10.5. The molecule has 48 heavy (non-hydrogen) atoms. The van der Waals surface area contributed by atoms with E-state index in [9.17, 15) is 19.2 Å². The van der Waals surface area contributed by atoms with Crippen LogP contribution in [-0.2, 0) is 16.6 Å². The molecule has 4 amide bonds. The fourth-order valence-corrected chi connectivity index (χ4v) is 7.25. The Labute approximate surface area is 280 Å². The molecular weight excluding hydrogens is 614 g/mol. The van der Waals surface area contributed by atoms with E-state index in [0.717, 1.165) is 32.1 Å². The number of nitrogens with zero attached hydrogens (tertiary/aromatic N) is 5. The first-order chi connectivity index (χ1) is 23.3. The van der Waals surface area contributed by atoms with Crippen molar-refractivity contribution in [2.24, 2.45) is 13.0 Å². The van der Waals surface area contributed by atoms with Crippen molar-refractivity contribution in [3.05, 3.63) is 47.9 Å². The van der Waals surface area contributed by atoms with Gasteiger partial charge in [0, 0.05) is 63.5 Å². The van der Waals surface area contributed by atoms with Crippen molar-refractivity contribution in [2.75, 3.05) is 39.8 Å². The summed E-state index contributed by atoms with van der Waals surface area (Å²) in [6, 6.07) is 4.22. The highest BCUT2D eigenvalue weighted by molar-refractivity contribution is 6.02. The number of ether oxygens (including phenoxy) is 2. The van der Waals surface area contributed by atoms with Gasteiger partial charge in [-0.2, -0.15) is 5.10 Å². The first-order valence-corrected chi connectivity index (χ1v) is 17.3. The van der Waals surface area contributed by atoms with Gasteiger partial charge < -0.3 is 34.5 Å². The summed E-state index contributed by atoms with van der Waals surface area (Å²) in [5.41, 5.74) is 1.43. The topological polar surface area (TPSA) is 140 Å². The number of rotatable bonds is 3. The van der Waals surface area contributed by atoms with Crippen LogP contribution < -0.4 is 20.1 Å². The third kappa shape index (κ3) is 7.29. The second-order valence-corrected chi connectivity index (χ2v) is 13.2. The molecule has 258 valence electrons. The van der Waals surface area contributed by atoms with Crippen LogP contribution >= 0.6 is 0 Å². The van der Waals surface area contributed by atoms with Crippen LogP contribution in [0.5, 0.6) is 11.5 Å². The summed E-state index contributed by atoms with van der Waals surface area (Å²) in [4.78, 5) is 58.0. The van der Waals surface area contributed by atoms with Crippen molar-refractivity contribution < 1.29 is 28.7 Å². The minimum Gasteiger partial charge on any atom is -0.493 e. The van der Waals surface area contributed by atoms with E-state index >= 15 is 0 Å². The molecule has 1 aromatic carbocycles. The van der Waals surface area contributed by atoms with E-state index < -0.39 is 12.1 Å². The largest absolute Gasteiger partial charge is 0.493 e. The monoisotopic (exact) mass is 661 g/mol. The maximum absolute atomic E-state index is 14.0. The van der Waals surface area contributed by atoms with Gasteiger partial charge >= 0.3 is 0 Å². The molecule has 2 fully saturated rings. The number of amides is 4. The highest BCUT2D eigenvalue weighted by Crippen LogP contribution is 2.33. The Bertz CT molecular complexity index is 1620. The number of methoxy groups -OCH3 is 1. The number of benzene rings is 1. The van der Waals surface area contributed by atoms with Crippen LogP contribution in [0.1, 0.15) is 84.9 Å². The Morgan fingerprint density at radius 2 is 1.73 bits per heavy atom. The molecule has 1 aliphatic carbocycles. The summed E-state index contributed by atoms with van der Waals surface area (Å²) in [7, 11) is 3.37. The molecule has 3 aromatic rings. The summed E-state index contributed by atoms with van der Waals surface area (Å²) in [6.45, 7) is 2.17. The van der Waals surface area contributed by atoms with Gasteiger partial charge in [0.1, 0.15) is 23.4 Å². The normalized spacial score (nSPS) is 22.1. The maximum atomic E-state index is 14.0. The number of carbonyl (C=O) groups excluding carboxylic acids is 4. The van der Waals surface area contributed by atoms with E-state index in [1.54, 1.807) is 33.8 Å². The Balaban J connectivity index is 1.24. The minimum absolute atomic E-state index is 0.0489. The lowest BCUT2D eigenvalue weighted by molar-refractivity contribution is -0.136. The number of hydrogen-bond donors (Lipinski definition) is 2. The van der Waals surface area contributed by atoms with Crippen molar-refractivity contribution >= 4 is 29.3 Å². The van der Waals surface area contributed by atoms with Crippen LogP contribution in [0.15, 0.2) is 36.8 Å². The van der Waals surface area contributed by atoms with Gasteiger partial charge in [0.25, 0.3) is 11.8 Å². The molecule has 6 rings (SSSR count). The lowest BCUT2D eigenvalue weighted by atomic mass is 9.98. The molecule has 2 N–H and O–H groups in total. The number of nitrogens with one attached hydrogen (secondary N) is 2. The van der Waals surface area contributed by atoms with E-state index in [1.807, 2.05) is 22.7 Å². The van der Waals surface area contributed by atoms with Gasteiger partial charge in [-0.05, 0) is 50.3 Å². The fraction of sp³-hybridized carbons (Fsp3) is 0.571. The quantitative estimate of drug-likeness (QED) is 0.411. The van der Waals surface area contributed by atoms with E-state index in [-0.39, 0.29) is 42.5 Å². The Hall–Kier alpha value is -4.55. The van der Waals surface area contributed by atoms with Crippen LogP contribution in [0.2, 0.25) is 0 Å². The molecule has 3 aliphatic rings. The average molecular weight is 662 g/mol. The highest BCUT2D eigenvalue weighted by atomic mass is 16.5. The van der Waals surface area contributed by atoms with E-state index in [4.69, 9.17) is 9.47 Å². The molecule has 13 nitrogen and oxygen atoms in total. The number of fused-ring (bicyclic) bond motifs is 5. The standard InChI is InChI=1S/C35H47N7O6/c1-39-18-19-42-33(39)27(22-38-42)35(46)41-23-26-21-28(41)32(44)37-14-7-8-16-40(34(45)24-10-5-3-4-6-11-24)17-9-15-36-31(43)25-12-13-29(47-2)30(20-25)48-26/h12-13,18-20,22,24,26,28H,3-11,14-17,21,23H2,1-2H3,(H,36,43)(H,37,44)/t26-,28-/m0/s1. The molecule has 2 aromatic heterocycles. The first kappa shape index (κ1) is 33.4. The lowest BCUT2D eigenvalue weighted by Gasteiger charge is -2.27. The molecule has 2 aliphatic heterocycles. The van der Waals surface area contributed by atoms with Crippen LogP contribution in [0.25, 0.3) is 5.65 Å². The smallest absolute Gasteiger partial charge is 0.260 e. The number of imidazole rings is 1. The Morgan fingerprint density at radius 3 is 2.52 bits per heavy atom. The number of carbonyl (C=O) groups is 4. The van der Waals surface area contributed by atoms with Gasteiger partial charge in [-0.1, -0.05) is 25.7 Å². The number of likely N-dealkylation sites (tertiary alicyclic amines) is 1. The minimum atomic E-state index is -0.773. The third-order valence-corrected chi connectivity index (χ3v) is 9.87. The molecule has 0 radical (unpaired) electrons. The third-order valence-electron chi connectivity index (χ3n) is 9.87. The van der Waals surface area contributed by atoms with Crippen LogP contribution in [-0.4, -0.2) is 99.6 Å². The van der Waals surface area contributed by atoms with Crippen molar-refractivity contribution in [1.29, 1.82) is 0 Å². The molecule has 4 bridgehead atoms. The van der Waals surface area contributed by atoms with Gasteiger partial charge in [-0.15, -0.1) is 0 Å². The van der Waals surface area contributed by atoms with E-state index in [2.05, 4.69) is 15.7 Å². The van der Waals surface area contributed by atoms with Crippen LogP contribution in [0.4, 0.5) is 0 Å². The maximum Gasteiger partial charge on any atom is 0.260 e. The molecule has 1 saturated heterocycles. The molecule has 0 unspecified atom stereocenters. The summed E-state index contributed by atoms with van der Waals surface area (Å²) < 4.78 is 15.4. The predicted molar refractivity (Wildman–Crippen MR) is 178 cm³/mol. The SMILES string of the molecule is COc1ccc2cc1O[C@H]1C[C@@H](C(=O)NCCCCN(C(=O)C3CCCCCC3)CCCNC2=O)N(C(=O)c2cnn3ccn(C)c23)C1. The molecule has 1 saturated carbocycles. The van der Waals surface area contributed by atoms with Crippen molar-refractivity contribution in [3.8, 4) is 11.5 Å². The predicted octanol–water partition coefficient (Wildman–Crippen LogP) is 3.17. The molecule has 13 heteroatoms. The second-order valence-electron chi connectivity index (χ2n) is 13.2. The van der Waals surface area contributed by atoms with Crippen LogP contribution in [0.3, 0.4) is 0 Å². The number of aryl methyl sites for hydroxylation is 1. The summed E-state index contributed by atoms with van der Waals surface area (Å²) >= 11 is 0. The summed E-state index contributed by atoms with van der Waals surface area (Å²) in [5, 5.41) is 10.4. The van der Waals surface area contributed by atoms with Crippen molar-refractivity contribution in [1.82, 2.24) is 34.6 Å². The zero-order valence-corrected chi connectivity index (χ0v) is 28.0. The zero-order chi connectivity index (χ0) is 33.6. The van der Waals surface area contributed by atoms with Gasteiger partial charge in [0.05, 0.1) is 19.9 Å². The van der Waals surface area contributed by atoms with Gasteiger partial charge in [0.2, 0.25) is 11.8 Å². The van der Waals surface area contributed by atoms with Gasteiger partial charge in [-0.25, -0.2) is 4.52 Å². The number of aromatic nitrogens is 3. The zero-order valence-electron chi connectivity index (χ0n) is 28.0. The highest BCUT2D eigenvalue weighted by Gasteiger charge is 2.42.